The van der Waals surface area contributed by atoms with Gasteiger partial charge in [-0.05, 0) is 55.2 Å². The van der Waals surface area contributed by atoms with Gasteiger partial charge in [-0.3, -0.25) is 9.59 Å². The van der Waals surface area contributed by atoms with E-state index in [2.05, 4.69) is 29.6 Å². The molecule has 1 aliphatic carbocycles. The van der Waals surface area contributed by atoms with Crippen molar-refractivity contribution in [3.05, 3.63) is 53.6 Å². The molecule has 0 amide bonds. The molecule has 1 aliphatic rings. The highest BCUT2D eigenvalue weighted by molar-refractivity contribution is 5.89. The normalized spacial score (nSPS) is 15.3. The number of fused-ring (bicyclic) bond motifs is 3. The first kappa shape index (κ1) is 17.2. The van der Waals surface area contributed by atoms with E-state index in [1.54, 1.807) is 6.92 Å². The average Bonchev–Trinajstić information content (AvgIpc) is 2.85. The fourth-order valence-corrected chi connectivity index (χ4v) is 3.22. The molecule has 0 bridgehead atoms. The Labute approximate surface area is 148 Å². The predicted molar refractivity (Wildman–Crippen MR) is 98.7 cm³/mol. The average molecular weight is 337 g/mol. The molecule has 2 aromatic carbocycles. The quantitative estimate of drug-likeness (QED) is 0.833. The fourth-order valence-electron chi connectivity index (χ4n) is 3.22. The van der Waals surface area contributed by atoms with Gasteiger partial charge in [-0.2, -0.15) is 0 Å². The standard InChI is InChI=1S/C21H23NO3/c1-13(23)21(3,4)22-15-9-10-18-16-7-5-6-8-17(16)20(19(18)11-15)12-25-14(2)24/h5-11,20,22H,12H2,1-4H3. The van der Waals surface area contributed by atoms with Crippen LogP contribution in [-0.4, -0.2) is 23.9 Å². The summed E-state index contributed by atoms with van der Waals surface area (Å²) in [6.07, 6.45) is 0. The number of rotatable bonds is 5. The van der Waals surface area contributed by atoms with E-state index < -0.39 is 5.54 Å². The Morgan fingerprint density at radius 3 is 2.40 bits per heavy atom. The van der Waals surface area contributed by atoms with Crippen LogP contribution in [0.5, 0.6) is 0 Å². The molecule has 4 heteroatoms. The predicted octanol–water partition coefficient (Wildman–Crippen LogP) is 4.14. The minimum Gasteiger partial charge on any atom is -0.465 e. The summed E-state index contributed by atoms with van der Waals surface area (Å²) < 4.78 is 5.31. The van der Waals surface area contributed by atoms with E-state index >= 15 is 0 Å². The van der Waals surface area contributed by atoms with Crippen molar-refractivity contribution in [1.29, 1.82) is 0 Å². The molecule has 1 unspecified atom stereocenters. The SMILES string of the molecule is CC(=O)OCC1c2ccccc2-c2ccc(NC(C)(C)C(C)=O)cc21. The largest absolute Gasteiger partial charge is 0.465 e. The highest BCUT2D eigenvalue weighted by Crippen LogP contribution is 2.45. The third kappa shape index (κ3) is 3.29. The Kier molecular flexibility index (Phi) is 4.38. The zero-order chi connectivity index (χ0) is 18.2. The number of benzene rings is 2. The van der Waals surface area contributed by atoms with Gasteiger partial charge in [0, 0.05) is 18.5 Å². The number of nitrogens with one attached hydrogen (secondary N) is 1. The Bertz CT molecular complexity index is 839. The maximum atomic E-state index is 11.8. The maximum Gasteiger partial charge on any atom is 0.302 e. The molecule has 25 heavy (non-hydrogen) atoms. The molecule has 0 aliphatic heterocycles. The molecule has 2 aromatic rings. The van der Waals surface area contributed by atoms with E-state index in [9.17, 15) is 9.59 Å². The maximum absolute atomic E-state index is 11.8. The van der Waals surface area contributed by atoms with Crippen molar-refractivity contribution < 1.29 is 14.3 Å². The van der Waals surface area contributed by atoms with Crippen molar-refractivity contribution in [2.45, 2.75) is 39.2 Å². The number of ketones is 1. The number of hydrogen-bond donors (Lipinski definition) is 1. The number of Topliss-reactive ketones (excluding diaryl/α,β-unsaturated/α-hetero) is 1. The highest BCUT2D eigenvalue weighted by Gasteiger charge is 2.30. The van der Waals surface area contributed by atoms with Gasteiger partial charge in [-0.1, -0.05) is 30.3 Å². The van der Waals surface area contributed by atoms with Crippen molar-refractivity contribution in [1.82, 2.24) is 0 Å². The van der Waals surface area contributed by atoms with Crippen LogP contribution in [0.25, 0.3) is 11.1 Å². The monoisotopic (exact) mass is 337 g/mol. The number of hydrogen-bond acceptors (Lipinski definition) is 4. The second-order valence-corrected chi connectivity index (χ2v) is 7.05. The fraction of sp³-hybridized carbons (Fsp3) is 0.333. The summed E-state index contributed by atoms with van der Waals surface area (Å²) in [6, 6.07) is 14.3. The van der Waals surface area contributed by atoms with E-state index in [1.807, 2.05) is 32.0 Å². The topological polar surface area (TPSA) is 55.4 Å². The molecule has 0 spiro atoms. The van der Waals surface area contributed by atoms with Crippen molar-refractivity contribution in [3.8, 4) is 11.1 Å². The molecule has 0 fully saturated rings. The summed E-state index contributed by atoms with van der Waals surface area (Å²) in [7, 11) is 0. The first-order valence-corrected chi connectivity index (χ1v) is 8.45. The Balaban J connectivity index is 1.99. The van der Waals surface area contributed by atoms with Gasteiger partial charge in [0.2, 0.25) is 0 Å². The first-order chi connectivity index (χ1) is 11.8. The van der Waals surface area contributed by atoms with Gasteiger partial charge in [-0.15, -0.1) is 0 Å². The van der Waals surface area contributed by atoms with Crippen LogP contribution in [-0.2, 0) is 14.3 Å². The van der Waals surface area contributed by atoms with Crippen molar-refractivity contribution in [2.24, 2.45) is 0 Å². The molecule has 0 heterocycles. The summed E-state index contributed by atoms with van der Waals surface area (Å²) in [4.78, 5) is 23.1. The van der Waals surface area contributed by atoms with Gasteiger partial charge in [0.05, 0.1) is 5.54 Å². The van der Waals surface area contributed by atoms with Crippen molar-refractivity contribution in [2.75, 3.05) is 11.9 Å². The van der Waals surface area contributed by atoms with E-state index in [0.717, 1.165) is 16.8 Å². The van der Waals surface area contributed by atoms with Gasteiger partial charge in [-0.25, -0.2) is 0 Å². The lowest BCUT2D eigenvalue weighted by molar-refractivity contribution is -0.141. The summed E-state index contributed by atoms with van der Waals surface area (Å²) >= 11 is 0. The Morgan fingerprint density at radius 2 is 1.72 bits per heavy atom. The second kappa shape index (κ2) is 6.36. The lowest BCUT2D eigenvalue weighted by atomic mass is 9.96. The van der Waals surface area contributed by atoms with E-state index in [0.29, 0.717) is 6.61 Å². The van der Waals surface area contributed by atoms with Crippen LogP contribution in [0.2, 0.25) is 0 Å². The summed E-state index contributed by atoms with van der Waals surface area (Å²) in [5.74, 6) is -0.192. The van der Waals surface area contributed by atoms with Crippen LogP contribution in [0.4, 0.5) is 5.69 Å². The molecule has 1 atom stereocenters. The molecule has 0 saturated carbocycles. The number of ether oxygens (including phenoxy) is 1. The molecule has 0 radical (unpaired) electrons. The van der Waals surface area contributed by atoms with Gasteiger partial charge in [0.1, 0.15) is 6.61 Å². The van der Waals surface area contributed by atoms with Gasteiger partial charge >= 0.3 is 5.97 Å². The first-order valence-electron chi connectivity index (χ1n) is 8.45. The Hall–Kier alpha value is -2.62. The number of esters is 1. The molecular weight excluding hydrogens is 314 g/mol. The van der Waals surface area contributed by atoms with E-state index in [1.165, 1.54) is 18.1 Å². The van der Waals surface area contributed by atoms with Crippen molar-refractivity contribution >= 4 is 17.4 Å². The summed E-state index contributed by atoms with van der Waals surface area (Å²) in [6.45, 7) is 7.06. The van der Waals surface area contributed by atoms with Crippen LogP contribution in [0.15, 0.2) is 42.5 Å². The minimum absolute atomic E-state index is 0.0114. The van der Waals surface area contributed by atoms with Crippen LogP contribution in [0.1, 0.15) is 44.7 Å². The highest BCUT2D eigenvalue weighted by atomic mass is 16.5. The van der Waals surface area contributed by atoms with Crippen LogP contribution in [0.3, 0.4) is 0 Å². The van der Waals surface area contributed by atoms with Gasteiger partial charge in [0.25, 0.3) is 0 Å². The number of carbonyl (C=O) groups excluding carboxylic acids is 2. The lowest BCUT2D eigenvalue weighted by Gasteiger charge is -2.25. The van der Waals surface area contributed by atoms with Crippen LogP contribution in [0, 0.1) is 0 Å². The molecule has 0 saturated heterocycles. The van der Waals surface area contributed by atoms with Gasteiger partial charge < -0.3 is 10.1 Å². The molecule has 3 rings (SSSR count). The zero-order valence-electron chi connectivity index (χ0n) is 15.1. The molecule has 130 valence electrons. The molecule has 0 aromatic heterocycles. The second-order valence-electron chi connectivity index (χ2n) is 7.05. The van der Waals surface area contributed by atoms with Crippen LogP contribution < -0.4 is 5.32 Å². The Morgan fingerprint density at radius 1 is 1.04 bits per heavy atom. The van der Waals surface area contributed by atoms with E-state index in [-0.39, 0.29) is 17.7 Å². The smallest absolute Gasteiger partial charge is 0.302 e. The number of anilines is 1. The minimum atomic E-state index is -0.634. The summed E-state index contributed by atoms with van der Waals surface area (Å²) in [5.41, 5.74) is 4.87. The lowest BCUT2D eigenvalue weighted by Crippen LogP contribution is -2.38. The summed E-state index contributed by atoms with van der Waals surface area (Å²) in [5, 5.41) is 3.30. The number of carbonyl (C=O) groups is 2. The van der Waals surface area contributed by atoms with Crippen LogP contribution >= 0.6 is 0 Å². The molecule has 1 N–H and O–H groups in total. The van der Waals surface area contributed by atoms with Crippen molar-refractivity contribution in [3.63, 3.8) is 0 Å². The zero-order valence-corrected chi connectivity index (χ0v) is 15.1. The molecule has 4 nitrogen and oxygen atoms in total. The molecular formula is C21H23NO3. The van der Waals surface area contributed by atoms with Gasteiger partial charge in [0.15, 0.2) is 5.78 Å². The van der Waals surface area contributed by atoms with E-state index in [4.69, 9.17) is 4.74 Å². The third-order valence-corrected chi connectivity index (χ3v) is 4.84. The third-order valence-electron chi connectivity index (χ3n) is 4.84.